The summed E-state index contributed by atoms with van der Waals surface area (Å²) in [6.07, 6.45) is 6.47. The number of hydrogen-bond donors (Lipinski definition) is 2. The molecule has 18 heavy (non-hydrogen) atoms. The minimum absolute atomic E-state index is 0.227. The lowest BCUT2D eigenvalue weighted by Crippen LogP contribution is -1.97. The van der Waals surface area contributed by atoms with E-state index in [1.54, 1.807) is 12.4 Å². The molecule has 0 atom stereocenters. The molecule has 3 aromatic rings. The molecule has 3 rings (SSSR count). The average molecular weight is 243 g/mol. The number of fused-ring (bicyclic) bond motifs is 1. The number of H-pyrrole nitrogens is 1. The highest BCUT2D eigenvalue weighted by Crippen LogP contribution is 2.24. The molecule has 0 saturated heterocycles. The summed E-state index contributed by atoms with van der Waals surface area (Å²) in [5, 5.41) is 11.9. The molecule has 3 aromatic heterocycles. The van der Waals surface area contributed by atoms with Gasteiger partial charge in [-0.1, -0.05) is 6.92 Å². The number of aromatic amines is 1. The minimum atomic E-state index is 0.227. The van der Waals surface area contributed by atoms with E-state index in [0.717, 1.165) is 29.6 Å². The number of nitrogens with zero attached hydrogens (tertiary/aromatic N) is 5. The molecule has 0 bridgehead atoms. The van der Waals surface area contributed by atoms with Crippen LogP contribution in [0.5, 0.6) is 0 Å². The molecule has 0 aromatic carbocycles. The Morgan fingerprint density at radius 2 is 2.22 bits per heavy atom. The minimum Gasteiger partial charge on any atom is -0.368 e. The Kier molecular flexibility index (Phi) is 2.44. The second-order valence-electron chi connectivity index (χ2n) is 4.05. The maximum atomic E-state index is 5.69. The fraction of sp³-hybridized carbons (Fsp3) is 0.273. The number of aryl methyl sites for hydroxylation is 1. The molecule has 7 nitrogen and oxygen atoms in total. The predicted octanol–water partition coefficient (Wildman–Crippen LogP) is 1.21. The summed E-state index contributed by atoms with van der Waals surface area (Å²) in [6, 6.07) is 0. The van der Waals surface area contributed by atoms with Gasteiger partial charge in [0.05, 0.1) is 23.5 Å². The molecule has 0 radical (unpaired) electrons. The standard InChI is InChI=1S/C11H13N7/c1-2-3-18-6-7(4-14-18)9-8-5-13-17-10(8)16-11(12)15-9/h4-6H,2-3H2,1H3,(H3,12,13,15,16,17). The van der Waals surface area contributed by atoms with Crippen LogP contribution in [-0.2, 0) is 6.54 Å². The first-order valence-electron chi connectivity index (χ1n) is 5.77. The molecule has 92 valence electrons. The van der Waals surface area contributed by atoms with Gasteiger partial charge in [-0.05, 0) is 6.42 Å². The van der Waals surface area contributed by atoms with E-state index in [-0.39, 0.29) is 5.95 Å². The first kappa shape index (κ1) is 10.7. The van der Waals surface area contributed by atoms with E-state index in [2.05, 4.69) is 32.2 Å². The number of aromatic nitrogens is 6. The second kappa shape index (κ2) is 4.10. The third-order valence-corrected chi connectivity index (χ3v) is 2.69. The second-order valence-corrected chi connectivity index (χ2v) is 4.05. The molecule has 0 aliphatic heterocycles. The lowest BCUT2D eigenvalue weighted by molar-refractivity contribution is 0.603. The van der Waals surface area contributed by atoms with E-state index >= 15 is 0 Å². The Labute approximate surface area is 103 Å². The number of hydrogen-bond acceptors (Lipinski definition) is 5. The molecule has 0 aliphatic carbocycles. The lowest BCUT2D eigenvalue weighted by atomic mass is 10.2. The zero-order valence-electron chi connectivity index (χ0n) is 9.96. The van der Waals surface area contributed by atoms with Crippen molar-refractivity contribution in [3.8, 4) is 11.3 Å². The first-order chi connectivity index (χ1) is 8.78. The Morgan fingerprint density at radius 3 is 3.06 bits per heavy atom. The molecular weight excluding hydrogens is 230 g/mol. The van der Waals surface area contributed by atoms with Crippen LogP contribution in [0.15, 0.2) is 18.6 Å². The first-order valence-corrected chi connectivity index (χ1v) is 5.77. The predicted molar refractivity (Wildman–Crippen MR) is 67.6 cm³/mol. The summed E-state index contributed by atoms with van der Waals surface area (Å²) in [7, 11) is 0. The van der Waals surface area contributed by atoms with E-state index in [0.29, 0.717) is 5.65 Å². The summed E-state index contributed by atoms with van der Waals surface area (Å²) in [5.41, 5.74) is 8.01. The van der Waals surface area contributed by atoms with Gasteiger partial charge in [0.15, 0.2) is 5.65 Å². The molecule has 0 spiro atoms. The zero-order chi connectivity index (χ0) is 12.5. The van der Waals surface area contributed by atoms with E-state index < -0.39 is 0 Å². The van der Waals surface area contributed by atoms with Gasteiger partial charge in [0.2, 0.25) is 5.95 Å². The average Bonchev–Trinajstić information content (AvgIpc) is 2.96. The van der Waals surface area contributed by atoms with Crippen LogP contribution in [0.4, 0.5) is 5.95 Å². The number of nitrogen functional groups attached to an aromatic ring is 1. The highest BCUT2D eigenvalue weighted by Gasteiger charge is 2.11. The molecule has 3 heterocycles. The normalized spacial score (nSPS) is 11.2. The van der Waals surface area contributed by atoms with Gasteiger partial charge in [-0.15, -0.1) is 0 Å². The van der Waals surface area contributed by atoms with Gasteiger partial charge < -0.3 is 5.73 Å². The van der Waals surface area contributed by atoms with Crippen LogP contribution in [0.1, 0.15) is 13.3 Å². The highest BCUT2D eigenvalue weighted by molar-refractivity contribution is 5.90. The van der Waals surface area contributed by atoms with Crippen molar-refractivity contribution in [2.45, 2.75) is 19.9 Å². The van der Waals surface area contributed by atoms with Crippen LogP contribution >= 0.6 is 0 Å². The molecule has 0 unspecified atom stereocenters. The van der Waals surface area contributed by atoms with Gasteiger partial charge in [0.1, 0.15) is 0 Å². The van der Waals surface area contributed by atoms with Gasteiger partial charge in [-0.3, -0.25) is 9.78 Å². The summed E-state index contributed by atoms with van der Waals surface area (Å²) in [6.45, 7) is 2.99. The maximum Gasteiger partial charge on any atom is 0.222 e. The van der Waals surface area contributed by atoms with Crippen LogP contribution in [-0.4, -0.2) is 29.9 Å². The number of anilines is 1. The van der Waals surface area contributed by atoms with Crippen molar-refractivity contribution in [2.24, 2.45) is 0 Å². The van der Waals surface area contributed by atoms with Gasteiger partial charge in [-0.25, -0.2) is 4.98 Å². The van der Waals surface area contributed by atoms with Crippen LogP contribution < -0.4 is 5.73 Å². The summed E-state index contributed by atoms with van der Waals surface area (Å²) in [4.78, 5) is 8.36. The van der Waals surface area contributed by atoms with Crippen molar-refractivity contribution in [3.63, 3.8) is 0 Å². The topological polar surface area (TPSA) is 98.3 Å². The van der Waals surface area contributed by atoms with Gasteiger partial charge in [0.25, 0.3) is 0 Å². The van der Waals surface area contributed by atoms with E-state index in [1.165, 1.54) is 0 Å². The molecular formula is C11H13N7. The Morgan fingerprint density at radius 1 is 1.33 bits per heavy atom. The monoisotopic (exact) mass is 243 g/mol. The lowest BCUT2D eigenvalue weighted by Gasteiger charge is -2.00. The number of nitrogens with two attached hydrogens (primary N) is 1. The molecule has 0 saturated carbocycles. The Hall–Kier alpha value is -2.44. The van der Waals surface area contributed by atoms with Crippen molar-refractivity contribution < 1.29 is 0 Å². The van der Waals surface area contributed by atoms with E-state index in [4.69, 9.17) is 5.73 Å². The van der Waals surface area contributed by atoms with E-state index in [9.17, 15) is 0 Å². The van der Waals surface area contributed by atoms with Gasteiger partial charge in [-0.2, -0.15) is 15.2 Å². The molecule has 7 heteroatoms. The van der Waals surface area contributed by atoms with Gasteiger partial charge >= 0.3 is 0 Å². The Balaban J connectivity index is 2.14. The zero-order valence-corrected chi connectivity index (χ0v) is 9.96. The van der Waals surface area contributed by atoms with Crippen molar-refractivity contribution in [2.75, 3.05) is 5.73 Å². The van der Waals surface area contributed by atoms with Crippen LogP contribution in [0.2, 0.25) is 0 Å². The Bertz CT molecular complexity index is 682. The summed E-state index contributed by atoms with van der Waals surface area (Å²) in [5.74, 6) is 0.227. The molecule has 0 aliphatic rings. The maximum absolute atomic E-state index is 5.69. The van der Waals surface area contributed by atoms with Crippen molar-refractivity contribution in [3.05, 3.63) is 18.6 Å². The molecule has 3 N–H and O–H groups in total. The van der Waals surface area contributed by atoms with Gasteiger partial charge in [0, 0.05) is 18.3 Å². The SMILES string of the molecule is CCCn1cc(-c2nc(N)nc3[nH]ncc23)cn1. The quantitative estimate of drug-likeness (QED) is 0.720. The summed E-state index contributed by atoms with van der Waals surface area (Å²) < 4.78 is 1.89. The molecule has 0 amide bonds. The molecule has 0 fully saturated rings. The van der Waals surface area contributed by atoms with Crippen LogP contribution in [0.3, 0.4) is 0 Å². The summed E-state index contributed by atoms with van der Waals surface area (Å²) >= 11 is 0. The van der Waals surface area contributed by atoms with Crippen LogP contribution in [0, 0.1) is 0 Å². The third kappa shape index (κ3) is 1.69. The van der Waals surface area contributed by atoms with E-state index in [1.807, 2.05) is 10.9 Å². The van der Waals surface area contributed by atoms with Crippen LogP contribution in [0.25, 0.3) is 22.3 Å². The van der Waals surface area contributed by atoms with Crippen molar-refractivity contribution in [1.29, 1.82) is 0 Å². The fourth-order valence-corrected chi connectivity index (χ4v) is 1.91. The third-order valence-electron chi connectivity index (χ3n) is 2.69. The highest BCUT2D eigenvalue weighted by atomic mass is 15.3. The number of rotatable bonds is 3. The number of nitrogens with one attached hydrogen (secondary N) is 1. The van der Waals surface area contributed by atoms with Crippen molar-refractivity contribution in [1.82, 2.24) is 29.9 Å². The fourth-order valence-electron chi connectivity index (χ4n) is 1.91. The smallest absolute Gasteiger partial charge is 0.222 e. The largest absolute Gasteiger partial charge is 0.368 e. The van der Waals surface area contributed by atoms with Crippen molar-refractivity contribution >= 4 is 17.0 Å².